The molecule has 1 heterocycles. The van der Waals surface area contributed by atoms with Crippen LogP contribution in [0.1, 0.15) is 11.1 Å². The number of benzene rings is 1. The molecule has 0 spiro atoms. The molecule has 2 rings (SSSR count). The van der Waals surface area contributed by atoms with E-state index in [1.165, 1.54) is 23.3 Å². The molecule has 0 fully saturated rings. The normalized spacial score (nSPS) is 12.5. The fraction of sp³-hybridized carbons (Fsp3) is 0.412. The highest BCUT2D eigenvalue weighted by Gasteiger charge is 2.11. The second kappa shape index (κ2) is 8.93. The molecule has 1 atom stereocenters. The number of ether oxygens (including phenoxy) is 1. The van der Waals surface area contributed by atoms with E-state index in [1.54, 1.807) is 18.4 Å². The lowest BCUT2D eigenvalue weighted by Crippen LogP contribution is -2.28. The monoisotopic (exact) mass is 307 g/mol. The standard InChI is InChI=1S/C17H22FNOS/c1-20-8-7-19-12-16(11-15-6-9-21-13-15)10-14-2-4-17(18)5-3-14/h2-6,9,13,16,19H,7-8,10-12H2,1H3. The van der Waals surface area contributed by atoms with Gasteiger partial charge in [0.2, 0.25) is 0 Å². The second-order valence-corrected chi connectivity index (χ2v) is 6.01. The molecule has 4 heteroatoms. The van der Waals surface area contributed by atoms with E-state index < -0.39 is 0 Å². The molecule has 0 bridgehead atoms. The summed E-state index contributed by atoms with van der Waals surface area (Å²) in [6.07, 6.45) is 2.00. The Balaban J connectivity index is 1.91. The van der Waals surface area contributed by atoms with Gasteiger partial charge in [-0.3, -0.25) is 0 Å². The molecule has 21 heavy (non-hydrogen) atoms. The van der Waals surface area contributed by atoms with Crippen molar-refractivity contribution in [2.75, 3.05) is 26.8 Å². The van der Waals surface area contributed by atoms with Crippen LogP contribution in [0, 0.1) is 11.7 Å². The summed E-state index contributed by atoms with van der Waals surface area (Å²) in [6, 6.07) is 9.01. The topological polar surface area (TPSA) is 21.3 Å². The lowest BCUT2D eigenvalue weighted by atomic mass is 9.93. The van der Waals surface area contributed by atoms with Crippen molar-refractivity contribution in [1.82, 2.24) is 5.32 Å². The van der Waals surface area contributed by atoms with Crippen LogP contribution >= 0.6 is 11.3 Å². The van der Waals surface area contributed by atoms with Gasteiger partial charge in [0.1, 0.15) is 5.82 Å². The van der Waals surface area contributed by atoms with E-state index in [-0.39, 0.29) is 5.82 Å². The molecule has 0 radical (unpaired) electrons. The van der Waals surface area contributed by atoms with Gasteiger partial charge in [-0.25, -0.2) is 4.39 Å². The van der Waals surface area contributed by atoms with Gasteiger partial charge in [0.15, 0.2) is 0 Å². The lowest BCUT2D eigenvalue weighted by Gasteiger charge is -2.17. The van der Waals surface area contributed by atoms with Crippen LogP contribution in [0.15, 0.2) is 41.1 Å². The molecule has 0 aliphatic heterocycles. The highest BCUT2D eigenvalue weighted by atomic mass is 32.1. The Labute approximate surface area is 130 Å². The van der Waals surface area contributed by atoms with Crippen molar-refractivity contribution in [2.24, 2.45) is 5.92 Å². The molecule has 0 amide bonds. The van der Waals surface area contributed by atoms with Crippen molar-refractivity contribution in [3.63, 3.8) is 0 Å². The van der Waals surface area contributed by atoms with Crippen molar-refractivity contribution >= 4 is 11.3 Å². The molecule has 0 saturated carbocycles. The number of halogens is 1. The predicted molar refractivity (Wildman–Crippen MR) is 86.4 cm³/mol. The van der Waals surface area contributed by atoms with Gasteiger partial charge in [0.25, 0.3) is 0 Å². The third kappa shape index (κ3) is 5.96. The van der Waals surface area contributed by atoms with Crippen LogP contribution in [0.5, 0.6) is 0 Å². The largest absolute Gasteiger partial charge is 0.383 e. The van der Waals surface area contributed by atoms with E-state index in [0.717, 1.165) is 32.5 Å². The van der Waals surface area contributed by atoms with Crippen LogP contribution in [0.4, 0.5) is 4.39 Å². The van der Waals surface area contributed by atoms with Gasteiger partial charge in [-0.05, 0) is 65.4 Å². The zero-order valence-electron chi connectivity index (χ0n) is 12.3. The van der Waals surface area contributed by atoms with Crippen LogP contribution < -0.4 is 5.32 Å². The summed E-state index contributed by atoms with van der Waals surface area (Å²) in [7, 11) is 1.71. The average Bonchev–Trinajstić information content (AvgIpc) is 2.99. The van der Waals surface area contributed by atoms with Gasteiger partial charge in [-0.15, -0.1) is 0 Å². The number of hydrogen-bond donors (Lipinski definition) is 1. The summed E-state index contributed by atoms with van der Waals surface area (Å²) in [4.78, 5) is 0. The van der Waals surface area contributed by atoms with Crippen LogP contribution in [-0.4, -0.2) is 26.8 Å². The maximum atomic E-state index is 13.0. The molecule has 1 aromatic heterocycles. The van der Waals surface area contributed by atoms with E-state index in [4.69, 9.17) is 4.74 Å². The smallest absolute Gasteiger partial charge is 0.123 e. The third-order valence-electron chi connectivity index (χ3n) is 3.46. The van der Waals surface area contributed by atoms with Crippen molar-refractivity contribution in [3.8, 4) is 0 Å². The Morgan fingerprint density at radius 2 is 1.90 bits per heavy atom. The zero-order valence-corrected chi connectivity index (χ0v) is 13.2. The van der Waals surface area contributed by atoms with Crippen molar-refractivity contribution in [3.05, 3.63) is 58.0 Å². The van der Waals surface area contributed by atoms with E-state index in [9.17, 15) is 4.39 Å². The van der Waals surface area contributed by atoms with Crippen molar-refractivity contribution in [1.29, 1.82) is 0 Å². The number of thiophene rings is 1. The van der Waals surface area contributed by atoms with Crippen molar-refractivity contribution in [2.45, 2.75) is 12.8 Å². The van der Waals surface area contributed by atoms with Crippen LogP contribution in [-0.2, 0) is 17.6 Å². The average molecular weight is 307 g/mol. The summed E-state index contributed by atoms with van der Waals surface area (Å²) < 4.78 is 18.1. The molecule has 1 aromatic carbocycles. The fourth-order valence-electron chi connectivity index (χ4n) is 2.39. The number of hydrogen-bond acceptors (Lipinski definition) is 3. The highest BCUT2D eigenvalue weighted by Crippen LogP contribution is 2.17. The summed E-state index contributed by atoms with van der Waals surface area (Å²) >= 11 is 1.73. The minimum atomic E-state index is -0.175. The first-order chi connectivity index (χ1) is 10.3. The van der Waals surface area contributed by atoms with Crippen LogP contribution in [0.25, 0.3) is 0 Å². The van der Waals surface area contributed by atoms with E-state index in [0.29, 0.717) is 5.92 Å². The lowest BCUT2D eigenvalue weighted by molar-refractivity contribution is 0.197. The molecule has 2 nitrogen and oxygen atoms in total. The number of rotatable bonds is 9. The van der Waals surface area contributed by atoms with Gasteiger partial charge in [0.05, 0.1) is 6.61 Å². The second-order valence-electron chi connectivity index (χ2n) is 5.23. The first-order valence-electron chi connectivity index (χ1n) is 7.23. The van der Waals surface area contributed by atoms with E-state index >= 15 is 0 Å². The van der Waals surface area contributed by atoms with Crippen LogP contribution in [0.2, 0.25) is 0 Å². The number of methoxy groups -OCH3 is 1. The minimum Gasteiger partial charge on any atom is -0.383 e. The first-order valence-corrected chi connectivity index (χ1v) is 8.17. The summed E-state index contributed by atoms with van der Waals surface area (Å²) in [6.45, 7) is 2.53. The van der Waals surface area contributed by atoms with Gasteiger partial charge in [0, 0.05) is 13.7 Å². The van der Waals surface area contributed by atoms with Crippen LogP contribution in [0.3, 0.4) is 0 Å². The summed E-state index contributed by atoms with van der Waals surface area (Å²) in [5, 5.41) is 7.75. The van der Waals surface area contributed by atoms with Gasteiger partial charge < -0.3 is 10.1 Å². The quantitative estimate of drug-likeness (QED) is 0.716. The molecule has 114 valence electrons. The number of nitrogens with one attached hydrogen (secondary N) is 1. The Bertz CT molecular complexity index is 498. The Morgan fingerprint density at radius 3 is 2.57 bits per heavy atom. The Kier molecular flexibility index (Phi) is 6.86. The molecule has 2 aromatic rings. The van der Waals surface area contributed by atoms with E-state index in [2.05, 4.69) is 22.1 Å². The van der Waals surface area contributed by atoms with Gasteiger partial charge in [-0.1, -0.05) is 12.1 Å². The fourth-order valence-corrected chi connectivity index (χ4v) is 3.07. The Hall–Kier alpha value is -1.23. The molecular formula is C17H22FNOS. The predicted octanol–water partition coefficient (Wildman–Crippen LogP) is 3.52. The molecular weight excluding hydrogens is 285 g/mol. The molecule has 0 saturated heterocycles. The SMILES string of the molecule is COCCNCC(Cc1ccc(F)cc1)Cc1ccsc1. The highest BCUT2D eigenvalue weighted by molar-refractivity contribution is 7.07. The van der Waals surface area contributed by atoms with Crippen molar-refractivity contribution < 1.29 is 9.13 Å². The molecule has 0 aliphatic rings. The summed E-state index contributed by atoms with van der Waals surface area (Å²) in [5.74, 6) is 0.327. The van der Waals surface area contributed by atoms with Gasteiger partial charge >= 0.3 is 0 Å². The maximum absolute atomic E-state index is 13.0. The minimum absolute atomic E-state index is 0.175. The Morgan fingerprint density at radius 1 is 1.14 bits per heavy atom. The first kappa shape index (κ1) is 16.1. The molecule has 0 aliphatic carbocycles. The summed E-state index contributed by atoms with van der Waals surface area (Å²) in [5.41, 5.74) is 2.56. The third-order valence-corrected chi connectivity index (χ3v) is 4.19. The molecule has 1 unspecified atom stereocenters. The molecule has 1 N–H and O–H groups in total. The zero-order chi connectivity index (χ0) is 14.9. The van der Waals surface area contributed by atoms with Gasteiger partial charge in [-0.2, -0.15) is 11.3 Å². The van der Waals surface area contributed by atoms with E-state index in [1.807, 2.05) is 12.1 Å². The maximum Gasteiger partial charge on any atom is 0.123 e.